The van der Waals surface area contributed by atoms with E-state index in [0.29, 0.717) is 17.1 Å². The van der Waals surface area contributed by atoms with Crippen LogP contribution < -0.4 is 15.8 Å². The zero-order valence-electron chi connectivity index (χ0n) is 10.1. The fourth-order valence-electron chi connectivity index (χ4n) is 1.75. The number of nitrogen functional groups attached to an aromatic ring is 1. The maximum atomic E-state index is 10.9. The molecule has 1 aliphatic heterocycles. The van der Waals surface area contributed by atoms with E-state index in [2.05, 4.69) is 5.32 Å². The average Bonchev–Trinajstić information content (AvgIpc) is 2.20. The number of aromatic carboxylic acids is 1. The van der Waals surface area contributed by atoms with Crippen molar-refractivity contribution in [3.05, 3.63) is 17.7 Å². The van der Waals surface area contributed by atoms with Gasteiger partial charge in [0.25, 0.3) is 0 Å². The molecule has 0 aliphatic carbocycles. The lowest BCUT2D eigenvalue weighted by molar-refractivity contribution is 0.0695. The van der Waals surface area contributed by atoms with Crippen molar-refractivity contribution in [1.82, 2.24) is 0 Å². The fraction of sp³-hybridized carbons (Fsp3) is 0.417. The summed E-state index contributed by atoms with van der Waals surface area (Å²) in [7, 11) is 0. The predicted octanol–water partition coefficient (Wildman–Crippen LogP) is 1.94. The van der Waals surface area contributed by atoms with Crippen molar-refractivity contribution in [2.45, 2.75) is 32.4 Å². The van der Waals surface area contributed by atoms with Gasteiger partial charge in [0.2, 0.25) is 0 Å². The highest BCUT2D eigenvalue weighted by atomic mass is 16.5. The molecule has 17 heavy (non-hydrogen) atoms. The zero-order chi connectivity index (χ0) is 12.8. The Hall–Kier alpha value is -1.91. The van der Waals surface area contributed by atoms with Crippen molar-refractivity contribution in [2.75, 3.05) is 11.1 Å². The van der Waals surface area contributed by atoms with Crippen molar-refractivity contribution in [3.63, 3.8) is 0 Å². The quantitative estimate of drug-likeness (QED) is 0.649. The molecular weight excluding hydrogens is 220 g/mol. The van der Waals surface area contributed by atoms with E-state index >= 15 is 0 Å². The lowest BCUT2D eigenvalue weighted by Gasteiger charge is -2.40. The van der Waals surface area contributed by atoms with Gasteiger partial charge in [-0.05, 0) is 32.9 Å². The first kappa shape index (κ1) is 11.6. The molecule has 0 spiro atoms. The molecule has 1 aliphatic rings. The third-order valence-electron chi connectivity index (χ3n) is 3.15. The van der Waals surface area contributed by atoms with Crippen LogP contribution in [0.4, 0.5) is 11.4 Å². The Balaban J connectivity index is 2.51. The first-order valence-electron chi connectivity index (χ1n) is 5.43. The van der Waals surface area contributed by atoms with Crippen LogP contribution >= 0.6 is 0 Å². The minimum absolute atomic E-state index is 0.0709. The Labute approximate surface area is 99.6 Å². The van der Waals surface area contributed by atoms with Gasteiger partial charge >= 0.3 is 5.97 Å². The van der Waals surface area contributed by atoms with E-state index < -0.39 is 5.97 Å². The Kier molecular flexibility index (Phi) is 2.41. The lowest BCUT2D eigenvalue weighted by atomic mass is 9.95. The van der Waals surface area contributed by atoms with E-state index in [0.717, 1.165) is 0 Å². The summed E-state index contributed by atoms with van der Waals surface area (Å²) in [6, 6.07) is 2.93. The minimum atomic E-state index is -1.01. The molecule has 5 nitrogen and oxygen atoms in total. The van der Waals surface area contributed by atoms with Gasteiger partial charge in [-0.3, -0.25) is 0 Å². The molecule has 0 saturated carbocycles. The molecule has 1 unspecified atom stereocenters. The summed E-state index contributed by atoms with van der Waals surface area (Å²) in [6.07, 6.45) is -0.0709. The van der Waals surface area contributed by atoms with Crippen molar-refractivity contribution < 1.29 is 14.6 Å². The Morgan fingerprint density at radius 2 is 2.18 bits per heavy atom. The number of carboxylic acid groups (broad SMARTS) is 1. The van der Waals surface area contributed by atoms with Crippen LogP contribution in [0.5, 0.6) is 5.75 Å². The molecule has 5 heteroatoms. The number of nitrogens with one attached hydrogen (secondary N) is 1. The van der Waals surface area contributed by atoms with Crippen molar-refractivity contribution in [1.29, 1.82) is 0 Å². The number of nitrogens with two attached hydrogens (primary N) is 1. The Morgan fingerprint density at radius 1 is 1.53 bits per heavy atom. The number of fused-ring (bicyclic) bond motifs is 1. The third kappa shape index (κ3) is 1.88. The fourth-order valence-corrected chi connectivity index (χ4v) is 1.75. The number of hydrogen-bond acceptors (Lipinski definition) is 4. The van der Waals surface area contributed by atoms with Crippen LogP contribution in [0.25, 0.3) is 0 Å². The molecule has 2 rings (SSSR count). The summed E-state index contributed by atoms with van der Waals surface area (Å²) in [5.74, 6) is -0.519. The normalized spacial score (nSPS) is 21.0. The summed E-state index contributed by atoms with van der Waals surface area (Å²) in [5.41, 5.74) is 6.78. The van der Waals surface area contributed by atoms with Gasteiger partial charge in [-0.25, -0.2) is 4.79 Å². The third-order valence-corrected chi connectivity index (χ3v) is 3.15. The average molecular weight is 236 g/mol. The Morgan fingerprint density at radius 3 is 2.76 bits per heavy atom. The summed E-state index contributed by atoms with van der Waals surface area (Å²) < 4.78 is 5.71. The number of hydrogen-bond donors (Lipinski definition) is 3. The van der Waals surface area contributed by atoms with Gasteiger partial charge in [0.1, 0.15) is 17.5 Å². The van der Waals surface area contributed by atoms with Gasteiger partial charge in [-0.2, -0.15) is 0 Å². The van der Waals surface area contributed by atoms with E-state index in [1.54, 1.807) is 0 Å². The van der Waals surface area contributed by atoms with Crippen molar-refractivity contribution in [2.24, 2.45) is 0 Å². The monoisotopic (exact) mass is 236 g/mol. The molecule has 1 atom stereocenters. The second-order valence-electron chi connectivity index (χ2n) is 4.85. The zero-order valence-corrected chi connectivity index (χ0v) is 10.1. The molecular formula is C12H16N2O3. The summed E-state index contributed by atoms with van der Waals surface area (Å²) >= 11 is 0. The van der Waals surface area contributed by atoms with E-state index in [1.807, 2.05) is 20.8 Å². The smallest absolute Gasteiger partial charge is 0.335 e. The van der Waals surface area contributed by atoms with E-state index in [1.165, 1.54) is 12.1 Å². The first-order valence-corrected chi connectivity index (χ1v) is 5.43. The molecule has 0 radical (unpaired) electrons. The molecule has 1 aromatic carbocycles. The van der Waals surface area contributed by atoms with E-state index in [-0.39, 0.29) is 17.2 Å². The topological polar surface area (TPSA) is 84.6 Å². The van der Waals surface area contributed by atoms with Crippen LogP contribution in [0.15, 0.2) is 12.1 Å². The van der Waals surface area contributed by atoms with E-state index in [4.69, 9.17) is 15.6 Å². The van der Waals surface area contributed by atoms with Gasteiger partial charge in [-0.15, -0.1) is 0 Å². The van der Waals surface area contributed by atoms with Gasteiger partial charge in [0.15, 0.2) is 0 Å². The van der Waals surface area contributed by atoms with Crippen LogP contribution in [-0.2, 0) is 0 Å². The number of anilines is 2. The van der Waals surface area contributed by atoms with Crippen LogP contribution in [0.2, 0.25) is 0 Å². The van der Waals surface area contributed by atoms with Gasteiger partial charge in [0, 0.05) is 0 Å². The summed E-state index contributed by atoms with van der Waals surface area (Å²) in [4.78, 5) is 10.9. The van der Waals surface area contributed by atoms with Crippen LogP contribution in [-0.4, -0.2) is 22.7 Å². The summed E-state index contributed by atoms with van der Waals surface area (Å²) in [5, 5.41) is 12.2. The Bertz CT molecular complexity index is 483. The first-order chi connectivity index (χ1) is 7.81. The number of ether oxygens (including phenoxy) is 1. The summed E-state index contributed by atoms with van der Waals surface area (Å²) in [6.45, 7) is 5.94. The molecule has 0 amide bonds. The standard InChI is InChI=1S/C12H16N2O3/c1-6-12(2,3)14-10-8(13)4-7(11(15)16)5-9(10)17-6/h4-6,14H,13H2,1-3H3,(H,15,16). The highest BCUT2D eigenvalue weighted by Gasteiger charge is 2.34. The van der Waals surface area contributed by atoms with E-state index in [9.17, 15) is 4.79 Å². The SMILES string of the molecule is CC1Oc2cc(C(=O)O)cc(N)c2NC1(C)C. The van der Waals surface area contributed by atoms with Crippen LogP contribution in [0.3, 0.4) is 0 Å². The predicted molar refractivity (Wildman–Crippen MR) is 65.6 cm³/mol. The molecule has 1 heterocycles. The molecule has 92 valence electrons. The van der Waals surface area contributed by atoms with Gasteiger partial charge in [-0.1, -0.05) is 0 Å². The van der Waals surface area contributed by atoms with Crippen LogP contribution in [0, 0.1) is 0 Å². The number of benzene rings is 1. The molecule has 0 bridgehead atoms. The maximum Gasteiger partial charge on any atom is 0.335 e. The highest BCUT2D eigenvalue weighted by Crippen LogP contribution is 2.40. The number of carbonyl (C=O) groups is 1. The maximum absolute atomic E-state index is 10.9. The second-order valence-corrected chi connectivity index (χ2v) is 4.85. The second kappa shape index (κ2) is 3.55. The lowest BCUT2D eigenvalue weighted by Crippen LogP contribution is -2.48. The molecule has 1 aromatic rings. The van der Waals surface area contributed by atoms with Crippen molar-refractivity contribution >= 4 is 17.3 Å². The van der Waals surface area contributed by atoms with Gasteiger partial charge < -0.3 is 20.9 Å². The number of carboxylic acids is 1. The van der Waals surface area contributed by atoms with Gasteiger partial charge in [0.05, 0.1) is 16.8 Å². The highest BCUT2D eigenvalue weighted by molar-refractivity contribution is 5.92. The molecule has 0 aromatic heterocycles. The molecule has 0 saturated heterocycles. The van der Waals surface area contributed by atoms with Crippen molar-refractivity contribution in [3.8, 4) is 5.75 Å². The number of rotatable bonds is 1. The van der Waals surface area contributed by atoms with Crippen LogP contribution in [0.1, 0.15) is 31.1 Å². The largest absolute Gasteiger partial charge is 0.486 e. The molecule has 0 fully saturated rings. The minimum Gasteiger partial charge on any atom is -0.486 e. The molecule has 4 N–H and O–H groups in total.